The van der Waals surface area contributed by atoms with Gasteiger partial charge in [-0.05, 0) is 52.2 Å². The van der Waals surface area contributed by atoms with Gasteiger partial charge in [0.05, 0.1) is 0 Å². The van der Waals surface area contributed by atoms with E-state index in [-0.39, 0.29) is 0 Å². The fourth-order valence-electron chi connectivity index (χ4n) is 1.94. The summed E-state index contributed by atoms with van der Waals surface area (Å²) in [4.78, 5) is 0. The summed E-state index contributed by atoms with van der Waals surface area (Å²) in [6, 6.07) is 0.795. The second-order valence-electron chi connectivity index (χ2n) is 3.56. The van der Waals surface area contributed by atoms with Gasteiger partial charge >= 0.3 is 0 Å². The van der Waals surface area contributed by atoms with Crippen molar-refractivity contribution < 1.29 is 0 Å². The van der Waals surface area contributed by atoms with Crippen LogP contribution in [0.25, 0.3) is 0 Å². The lowest BCUT2D eigenvalue weighted by Crippen LogP contribution is -2.32. The summed E-state index contributed by atoms with van der Waals surface area (Å²) < 4.78 is 0. The van der Waals surface area contributed by atoms with E-state index in [1.54, 1.807) is 0 Å². The van der Waals surface area contributed by atoms with Crippen LogP contribution in [-0.4, -0.2) is 26.7 Å². The Morgan fingerprint density at radius 1 is 1.09 bits per heavy atom. The van der Waals surface area contributed by atoms with Gasteiger partial charge < -0.3 is 10.6 Å². The Balaban J connectivity index is 2.14. The van der Waals surface area contributed by atoms with E-state index in [0.29, 0.717) is 0 Å². The van der Waals surface area contributed by atoms with Crippen LogP contribution in [0.2, 0.25) is 0 Å². The highest BCUT2D eigenvalue weighted by atomic mass is 14.9. The quantitative estimate of drug-likeness (QED) is 0.636. The Kier molecular flexibility index (Phi) is 3.87. The lowest BCUT2D eigenvalue weighted by molar-refractivity contribution is 0.297. The lowest BCUT2D eigenvalue weighted by atomic mass is 9.86. The summed E-state index contributed by atoms with van der Waals surface area (Å²) >= 11 is 0. The van der Waals surface area contributed by atoms with Gasteiger partial charge in [0.15, 0.2) is 0 Å². The number of hydrogen-bond donors (Lipinski definition) is 2. The van der Waals surface area contributed by atoms with Crippen molar-refractivity contribution in [3.05, 3.63) is 0 Å². The highest BCUT2D eigenvalue weighted by Gasteiger charge is 2.18. The second-order valence-corrected chi connectivity index (χ2v) is 3.56. The third-order valence-corrected chi connectivity index (χ3v) is 2.75. The topological polar surface area (TPSA) is 24.1 Å². The van der Waals surface area contributed by atoms with Crippen molar-refractivity contribution in [1.82, 2.24) is 10.6 Å². The van der Waals surface area contributed by atoms with Crippen LogP contribution in [0, 0.1) is 5.92 Å². The maximum atomic E-state index is 3.35. The molecule has 0 aromatic heterocycles. The predicted molar refractivity (Wildman–Crippen MR) is 48.7 cm³/mol. The molecule has 0 unspecified atom stereocenters. The molecular weight excluding hydrogens is 136 g/mol. The van der Waals surface area contributed by atoms with E-state index >= 15 is 0 Å². The fraction of sp³-hybridized carbons (Fsp3) is 1.00. The van der Waals surface area contributed by atoms with E-state index < -0.39 is 0 Å². The van der Waals surface area contributed by atoms with Crippen molar-refractivity contribution in [3.63, 3.8) is 0 Å². The van der Waals surface area contributed by atoms with Gasteiger partial charge in [-0.25, -0.2) is 0 Å². The third kappa shape index (κ3) is 2.80. The van der Waals surface area contributed by atoms with Crippen LogP contribution in [-0.2, 0) is 0 Å². The second kappa shape index (κ2) is 4.73. The van der Waals surface area contributed by atoms with E-state index in [0.717, 1.165) is 12.0 Å². The standard InChI is InChI=1S/C9H20N2/c1-10-7-8-3-5-9(11-2)6-4-8/h8-11H,3-7H2,1-2H3. The molecule has 1 saturated carbocycles. The highest BCUT2D eigenvalue weighted by Crippen LogP contribution is 2.23. The predicted octanol–water partition coefficient (Wildman–Crippen LogP) is 0.984. The van der Waals surface area contributed by atoms with Gasteiger partial charge in [0.2, 0.25) is 0 Å². The van der Waals surface area contributed by atoms with E-state index in [1.807, 2.05) is 7.05 Å². The monoisotopic (exact) mass is 156 g/mol. The molecule has 2 heteroatoms. The molecule has 0 amide bonds. The molecule has 0 atom stereocenters. The molecule has 2 N–H and O–H groups in total. The average molecular weight is 156 g/mol. The highest BCUT2D eigenvalue weighted by molar-refractivity contribution is 4.76. The molecule has 0 heterocycles. The number of nitrogens with one attached hydrogen (secondary N) is 2. The Labute approximate surface area is 69.8 Å². The average Bonchev–Trinajstić information content (AvgIpc) is 2.07. The summed E-state index contributed by atoms with van der Waals surface area (Å²) in [7, 11) is 4.12. The molecule has 0 aromatic carbocycles. The Bertz CT molecular complexity index is 95.7. The summed E-state index contributed by atoms with van der Waals surface area (Å²) in [6.07, 6.45) is 5.52. The van der Waals surface area contributed by atoms with E-state index in [9.17, 15) is 0 Å². The first-order valence-corrected chi connectivity index (χ1v) is 4.68. The maximum absolute atomic E-state index is 3.35. The van der Waals surface area contributed by atoms with Crippen LogP contribution < -0.4 is 10.6 Å². The smallest absolute Gasteiger partial charge is 0.00642 e. The SMILES string of the molecule is CNCC1CCC(NC)CC1. The van der Waals surface area contributed by atoms with Crippen LogP contribution in [0.15, 0.2) is 0 Å². The van der Waals surface area contributed by atoms with E-state index in [2.05, 4.69) is 17.7 Å². The summed E-state index contributed by atoms with van der Waals surface area (Å²) in [5, 5.41) is 6.60. The van der Waals surface area contributed by atoms with Crippen LogP contribution in [0.5, 0.6) is 0 Å². The first kappa shape index (κ1) is 9.01. The zero-order valence-electron chi connectivity index (χ0n) is 7.69. The Morgan fingerprint density at radius 2 is 1.73 bits per heavy atom. The molecule has 0 aliphatic heterocycles. The van der Waals surface area contributed by atoms with Crippen LogP contribution in [0.1, 0.15) is 25.7 Å². The Hall–Kier alpha value is -0.0800. The molecule has 1 aliphatic rings. The molecule has 0 aromatic rings. The molecule has 1 aliphatic carbocycles. The third-order valence-electron chi connectivity index (χ3n) is 2.75. The fourth-order valence-corrected chi connectivity index (χ4v) is 1.94. The summed E-state index contributed by atoms with van der Waals surface area (Å²) in [5.41, 5.74) is 0. The zero-order valence-corrected chi connectivity index (χ0v) is 7.69. The molecule has 2 nitrogen and oxygen atoms in total. The van der Waals surface area contributed by atoms with Crippen LogP contribution >= 0.6 is 0 Å². The van der Waals surface area contributed by atoms with Gasteiger partial charge in [-0.2, -0.15) is 0 Å². The maximum Gasteiger partial charge on any atom is 0.00642 e. The van der Waals surface area contributed by atoms with Crippen molar-refractivity contribution >= 4 is 0 Å². The normalized spacial score (nSPS) is 32.2. The zero-order chi connectivity index (χ0) is 8.10. The Morgan fingerprint density at radius 3 is 2.18 bits per heavy atom. The van der Waals surface area contributed by atoms with Crippen LogP contribution in [0.3, 0.4) is 0 Å². The van der Waals surface area contributed by atoms with E-state index in [1.165, 1.54) is 32.2 Å². The van der Waals surface area contributed by atoms with Crippen molar-refractivity contribution in [2.24, 2.45) is 5.92 Å². The van der Waals surface area contributed by atoms with Gasteiger partial charge in [-0.15, -0.1) is 0 Å². The molecular formula is C9H20N2. The van der Waals surface area contributed by atoms with Crippen molar-refractivity contribution in [1.29, 1.82) is 0 Å². The summed E-state index contributed by atoms with van der Waals surface area (Å²) in [6.45, 7) is 1.20. The first-order chi connectivity index (χ1) is 5.36. The molecule has 0 saturated heterocycles. The van der Waals surface area contributed by atoms with Crippen molar-refractivity contribution in [3.8, 4) is 0 Å². The minimum atomic E-state index is 0.795. The van der Waals surface area contributed by atoms with Gasteiger partial charge in [-0.1, -0.05) is 0 Å². The molecule has 0 spiro atoms. The van der Waals surface area contributed by atoms with Gasteiger partial charge in [-0.3, -0.25) is 0 Å². The van der Waals surface area contributed by atoms with Crippen molar-refractivity contribution in [2.75, 3.05) is 20.6 Å². The van der Waals surface area contributed by atoms with Gasteiger partial charge in [0, 0.05) is 6.04 Å². The van der Waals surface area contributed by atoms with Crippen LogP contribution in [0.4, 0.5) is 0 Å². The number of rotatable bonds is 3. The number of hydrogen-bond acceptors (Lipinski definition) is 2. The van der Waals surface area contributed by atoms with Gasteiger partial charge in [0.25, 0.3) is 0 Å². The molecule has 1 rings (SSSR count). The first-order valence-electron chi connectivity index (χ1n) is 4.68. The van der Waals surface area contributed by atoms with Gasteiger partial charge in [0.1, 0.15) is 0 Å². The lowest BCUT2D eigenvalue weighted by Gasteiger charge is -2.27. The molecule has 1 fully saturated rings. The minimum Gasteiger partial charge on any atom is -0.319 e. The molecule has 0 bridgehead atoms. The van der Waals surface area contributed by atoms with E-state index in [4.69, 9.17) is 0 Å². The molecule has 66 valence electrons. The molecule has 0 radical (unpaired) electrons. The van der Waals surface area contributed by atoms with Crippen molar-refractivity contribution in [2.45, 2.75) is 31.7 Å². The largest absolute Gasteiger partial charge is 0.319 e. The summed E-state index contributed by atoms with van der Waals surface area (Å²) in [5.74, 6) is 0.935. The minimum absolute atomic E-state index is 0.795. The molecule has 11 heavy (non-hydrogen) atoms.